The first-order valence-electron chi connectivity index (χ1n) is 13.9. The van der Waals surface area contributed by atoms with Crippen LogP contribution in [0, 0.1) is 5.92 Å². The summed E-state index contributed by atoms with van der Waals surface area (Å²) in [5.74, 6) is 2.32. The van der Waals surface area contributed by atoms with Crippen LogP contribution in [0.2, 0.25) is 0 Å². The maximum Gasteiger partial charge on any atom is 0.162 e. The van der Waals surface area contributed by atoms with E-state index in [1.165, 1.54) is 18.4 Å². The summed E-state index contributed by atoms with van der Waals surface area (Å²) in [7, 11) is 5.79. The van der Waals surface area contributed by atoms with Crippen molar-refractivity contribution < 1.29 is 14.3 Å². The van der Waals surface area contributed by atoms with E-state index in [-0.39, 0.29) is 11.9 Å². The Morgan fingerprint density at radius 1 is 0.921 bits per heavy atom. The van der Waals surface area contributed by atoms with Gasteiger partial charge in [-0.05, 0) is 75.6 Å². The van der Waals surface area contributed by atoms with E-state index in [0.717, 1.165) is 61.6 Å². The third kappa shape index (κ3) is 8.17. The Morgan fingerprint density at radius 2 is 1.58 bits per heavy atom. The van der Waals surface area contributed by atoms with Crippen molar-refractivity contribution in [1.29, 1.82) is 0 Å². The molecule has 4 rings (SSSR count). The average molecular weight is 515 g/mol. The number of ketones is 1. The van der Waals surface area contributed by atoms with Crippen LogP contribution in [0.4, 0.5) is 0 Å². The molecule has 38 heavy (non-hydrogen) atoms. The second-order valence-electron chi connectivity index (χ2n) is 10.6. The summed E-state index contributed by atoms with van der Waals surface area (Å²) >= 11 is 0. The lowest BCUT2D eigenvalue weighted by Crippen LogP contribution is -2.33. The van der Waals surface area contributed by atoms with E-state index >= 15 is 0 Å². The minimum atomic E-state index is -0.126. The number of piperidine rings is 1. The molecular weight excluding hydrogens is 472 g/mol. The Balaban J connectivity index is 1.29. The van der Waals surface area contributed by atoms with E-state index < -0.39 is 0 Å². The highest BCUT2D eigenvalue weighted by Gasteiger charge is 2.21. The lowest BCUT2D eigenvalue weighted by Gasteiger charge is -2.32. The van der Waals surface area contributed by atoms with Gasteiger partial charge in [-0.15, -0.1) is 0 Å². The van der Waals surface area contributed by atoms with Gasteiger partial charge in [0.1, 0.15) is 6.10 Å². The number of hydrogen-bond donors (Lipinski definition) is 0. The van der Waals surface area contributed by atoms with Crippen molar-refractivity contribution in [1.82, 2.24) is 9.80 Å². The fourth-order valence-electron chi connectivity index (χ4n) is 5.18. The number of Topliss-reactive ketones (excluding diaryl/α,β-unsaturated/α-hetero) is 1. The van der Waals surface area contributed by atoms with Crippen molar-refractivity contribution in [3.8, 4) is 11.5 Å². The maximum absolute atomic E-state index is 13.0. The second kappa shape index (κ2) is 14.1. The van der Waals surface area contributed by atoms with E-state index in [1.807, 2.05) is 48.5 Å². The molecule has 0 bridgehead atoms. The minimum Gasteiger partial charge on any atom is -0.493 e. The third-order valence-electron chi connectivity index (χ3n) is 7.52. The van der Waals surface area contributed by atoms with Crippen LogP contribution in [-0.4, -0.2) is 56.4 Å². The predicted molar refractivity (Wildman–Crippen MR) is 154 cm³/mol. The average Bonchev–Trinajstić information content (AvgIpc) is 2.95. The first-order chi connectivity index (χ1) is 18.5. The van der Waals surface area contributed by atoms with Gasteiger partial charge in [0.25, 0.3) is 0 Å². The molecule has 5 nitrogen and oxygen atoms in total. The highest BCUT2D eigenvalue weighted by Crippen LogP contribution is 2.32. The molecule has 202 valence electrons. The highest BCUT2D eigenvalue weighted by atomic mass is 16.5. The molecule has 1 atom stereocenters. The number of para-hydroxylation sites is 2. The Labute approximate surface area is 228 Å². The first-order valence-corrected chi connectivity index (χ1v) is 13.9. The maximum atomic E-state index is 13.0. The molecule has 1 aliphatic rings. The van der Waals surface area contributed by atoms with Crippen LogP contribution in [0.1, 0.15) is 59.7 Å². The molecule has 3 aromatic rings. The van der Waals surface area contributed by atoms with Gasteiger partial charge in [0.2, 0.25) is 0 Å². The molecule has 0 spiro atoms. The Morgan fingerprint density at radius 3 is 2.24 bits per heavy atom. The smallest absolute Gasteiger partial charge is 0.162 e. The van der Waals surface area contributed by atoms with Gasteiger partial charge in [-0.2, -0.15) is 0 Å². The van der Waals surface area contributed by atoms with Crippen LogP contribution in [0.5, 0.6) is 11.5 Å². The molecular formula is C33H42N2O3. The van der Waals surface area contributed by atoms with E-state index in [1.54, 1.807) is 7.11 Å². The second-order valence-corrected chi connectivity index (χ2v) is 10.6. The molecule has 1 heterocycles. The summed E-state index contributed by atoms with van der Waals surface area (Å²) in [6.45, 7) is 4.14. The van der Waals surface area contributed by atoms with E-state index in [9.17, 15) is 4.79 Å². The number of carbonyl (C=O) groups is 1. The topological polar surface area (TPSA) is 42.0 Å². The van der Waals surface area contributed by atoms with Crippen molar-refractivity contribution in [3.05, 3.63) is 95.6 Å². The van der Waals surface area contributed by atoms with Gasteiger partial charge in [-0.25, -0.2) is 0 Å². The quantitative estimate of drug-likeness (QED) is 0.239. The summed E-state index contributed by atoms with van der Waals surface area (Å²) in [5, 5.41) is 0. The monoisotopic (exact) mass is 514 g/mol. The summed E-state index contributed by atoms with van der Waals surface area (Å²) < 4.78 is 11.9. The van der Waals surface area contributed by atoms with Gasteiger partial charge in [-0.1, -0.05) is 66.7 Å². The van der Waals surface area contributed by atoms with Gasteiger partial charge in [0.05, 0.1) is 7.11 Å². The number of likely N-dealkylation sites (tertiary alicyclic amines) is 1. The Kier molecular flexibility index (Phi) is 10.4. The van der Waals surface area contributed by atoms with Gasteiger partial charge in [0.15, 0.2) is 17.3 Å². The molecule has 1 aliphatic heterocycles. The van der Waals surface area contributed by atoms with Crippen LogP contribution in [0.25, 0.3) is 0 Å². The number of nitrogens with zero attached hydrogens (tertiary/aromatic N) is 2. The number of ether oxygens (including phenoxy) is 2. The van der Waals surface area contributed by atoms with Gasteiger partial charge >= 0.3 is 0 Å². The molecule has 1 saturated heterocycles. The molecule has 0 radical (unpaired) electrons. The van der Waals surface area contributed by atoms with E-state index in [2.05, 4.69) is 54.2 Å². The molecule has 0 amide bonds. The van der Waals surface area contributed by atoms with Crippen molar-refractivity contribution >= 4 is 5.78 Å². The zero-order chi connectivity index (χ0) is 26.7. The largest absolute Gasteiger partial charge is 0.493 e. The molecule has 1 fully saturated rings. The minimum absolute atomic E-state index is 0.126. The van der Waals surface area contributed by atoms with Crippen LogP contribution < -0.4 is 9.47 Å². The fraction of sp³-hybridized carbons (Fsp3) is 0.424. The van der Waals surface area contributed by atoms with Crippen LogP contribution in [0.15, 0.2) is 78.9 Å². The zero-order valence-electron chi connectivity index (χ0n) is 23.1. The number of hydrogen-bond acceptors (Lipinski definition) is 5. The lowest BCUT2D eigenvalue weighted by molar-refractivity contribution is 0.0961. The number of carbonyl (C=O) groups excluding carboxylic acids is 1. The predicted octanol–water partition coefficient (Wildman–Crippen LogP) is 6.64. The molecule has 0 saturated carbocycles. The summed E-state index contributed by atoms with van der Waals surface area (Å²) in [4.78, 5) is 17.7. The first kappa shape index (κ1) is 27.9. The van der Waals surface area contributed by atoms with E-state index in [4.69, 9.17) is 9.47 Å². The standard InChI is InChI=1S/C33H42N2O3/c1-34(2)22-21-31(38-33-12-8-7-11-32(33)37-3)29-16-14-28(15-17-29)30(36)18-13-26-19-23-35(24-20-26)25-27-9-5-4-6-10-27/h4-12,14-17,26,31H,13,18-25H2,1-3H3. The summed E-state index contributed by atoms with van der Waals surface area (Å²) in [6.07, 6.45) is 4.65. The number of rotatable bonds is 13. The molecule has 0 N–H and O–H groups in total. The van der Waals surface area contributed by atoms with Crippen molar-refractivity contribution in [2.75, 3.05) is 40.8 Å². The van der Waals surface area contributed by atoms with Crippen LogP contribution in [-0.2, 0) is 6.54 Å². The van der Waals surface area contributed by atoms with Gasteiger partial charge in [0, 0.05) is 31.5 Å². The molecule has 5 heteroatoms. The third-order valence-corrected chi connectivity index (χ3v) is 7.52. The van der Waals surface area contributed by atoms with Crippen molar-refractivity contribution in [3.63, 3.8) is 0 Å². The molecule has 1 unspecified atom stereocenters. The Hall–Kier alpha value is -3.15. The van der Waals surface area contributed by atoms with Gasteiger partial charge in [-0.3, -0.25) is 9.69 Å². The zero-order valence-corrected chi connectivity index (χ0v) is 23.1. The van der Waals surface area contributed by atoms with Gasteiger partial charge < -0.3 is 14.4 Å². The van der Waals surface area contributed by atoms with E-state index in [0.29, 0.717) is 12.3 Å². The molecule has 0 aromatic heterocycles. The van der Waals surface area contributed by atoms with Crippen molar-refractivity contribution in [2.45, 2.75) is 44.8 Å². The SMILES string of the molecule is COc1ccccc1OC(CCN(C)C)c1ccc(C(=O)CCC2CCN(Cc3ccccc3)CC2)cc1. The van der Waals surface area contributed by atoms with Crippen LogP contribution >= 0.6 is 0 Å². The van der Waals surface area contributed by atoms with Crippen LogP contribution in [0.3, 0.4) is 0 Å². The number of benzene rings is 3. The fourth-order valence-corrected chi connectivity index (χ4v) is 5.18. The molecule has 0 aliphatic carbocycles. The Bertz CT molecular complexity index is 1120. The normalized spacial score (nSPS) is 15.4. The summed E-state index contributed by atoms with van der Waals surface area (Å²) in [6, 6.07) is 26.5. The number of methoxy groups -OCH3 is 1. The molecule has 3 aromatic carbocycles. The van der Waals surface area contributed by atoms with Crippen molar-refractivity contribution in [2.24, 2.45) is 5.92 Å². The summed E-state index contributed by atoms with van der Waals surface area (Å²) in [5.41, 5.74) is 3.24. The lowest BCUT2D eigenvalue weighted by atomic mass is 9.90. The highest BCUT2D eigenvalue weighted by molar-refractivity contribution is 5.96.